The van der Waals surface area contributed by atoms with Crippen LogP contribution in [-0.2, 0) is 0 Å². The zero-order valence-corrected chi connectivity index (χ0v) is 11.5. The second kappa shape index (κ2) is 6.29. The van der Waals surface area contributed by atoms with Gasteiger partial charge in [0.15, 0.2) is 0 Å². The highest BCUT2D eigenvalue weighted by Gasteiger charge is 2.19. The Morgan fingerprint density at radius 1 is 0.667 bits per heavy atom. The summed E-state index contributed by atoms with van der Waals surface area (Å²) < 4.78 is 5.74. The van der Waals surface area contributed by atoms with Gasteiger partial charge in [0.05, 0.1) is 0 Å². The lowest BCUT2D eigenvalue weighted by Gasteiger charge is -2.14. The Morgan fingerprint density at radius 2 is 1.24 bits per heavy atom. The number of hydrogen-bond donors (Lipinski definition) is 1. The molecule has 0 heterocycles. The Morgan fingerprint density at radius 3 is 1.95 bits per heavy atom. The molecule has 3 rings (SSSR count). The van der Waals surface area contributed by atoms with Gasteiger partial charge in [-0.25, -0.2) is 0 Å². The molecule has 0 aliphatic carbocycles. The molecule has 0 atom stereocenters. The van der Waals surface area contributed by atoms with Gasteiger partial charge in [0.2, 0.25) is 0 Å². The topological polar surface area (TPSA) is 29.5 Å². The highest BCUT2D eigenvalue weighted by Crippen LogP contribution is 2.29. The predicted molar refractivity (Wildman–Crippen MR) is 86.6 cm³/mol. The summed E-state index contributed by atoms with van der Waals surface area (Å²) in [6.07, 6.45) is 0. The number of benzene rings is 3. The third kappa shape index (κ3) is 3.15. The van der Waals surface area contributed by atoms with E-state index < -0.39 is 7.12 Å². The molecule has 102 valence electrons. The van der Waals surface area contributed by atoms with Gasteiger partial charge in [-0.2, -0.15) is 0 Å². The average molecular weight is 274 g/mol. The molecule has 0 fully saturated rings. The van der Waals surface area contributed by atoms with Crippen LogP contribution >= 0.6 is 0 Å². The maximum atomic E-state index is 10.2. The first kappa shape index (κ1) is 13.5. The highest BCUT2D eigenvalue weighted by molar-refractivity contribution is 6.60. The standard InChI is InChI=1S/C18H15BO2/c20-19(16-11-5-2-6-12-16)21-18-14-8-7-13-17(18)15-9-3-1-4-10-15/h1-14,20H. The fraction of sp³-hybridized carbons (Fsp3) is 0. The fourth-order valence-corrected chi connectivity index (χ4v) is 2.23. The van der Waals surface area contributed by atoms with Crippen molar-refractivity contribution in [1.29, 1.82) is 0 Å². The number of para-hydroxylation sites is 1. The molecular formula is C18H15BO2. The van der Waals surface area contributed by atoms with Crippen molar-refractivity contribution in [3.05, 3.63) is 84.9 Å². The Labute approximate surface area is 124 Å². The molecule has 0 radical (unpaired) electrons. The molecule has 0 bridgehead atoms. The van der Waals surface area contributed by atoms with E-state index in [0.717, 1.165) is 16.6 Å². The van der Waals surface area contributed by atoms with Gasteiger partial charge in [-0.3, -0.25) is 0 Å². The molecule has 0 aliphatic heterocycles. The van der Waals surface area contributed by atoms with Crippen molar-refractivity contribution in [1.82, 2.24) is 0 Å². The van der Waals surface area contributed by atoms with E-state index in [1.807, 2.05) is 84.9 Å². The monoisotopic (exact) mass is 274 g/mol. The quantitative estimate of drug-likeness (QED) is 0.741. The van der Waals surface area contributed by atoms with Crippen molar-refractivity contribution in [3.8, 4) is 16.9 Å². The van der Waals surface area contributed by atoms with E-state index in [1.165, 1.54) is 0 Å². The van der Waals surface area contributed by atoms with Gasteiger partial charge in [0.25, 0.3) is 0 Å². The van der Waals surface area contributed by atoms with E-state index in [1.54, 1.807) is 0 Å². The SMILES string of the molecule is OB(Oc1ccccc1-c1ccccc1)c1ccccc1. The van der Waals surface area contributed by atoms with Gasteiger partial charge < -0.3 is 9.68 Å². The van der Waals surface area contributed by atoms with Crippen molar-refractivity contribution >= 4 is 12.6 Å². The Balaban J connectivity index is 1.90. The summed E-state index contributed by atoms with van der Waals surface area (Å²) in [4.78, 5) is 0. The molecule has 0 unspecified atom stereocenters. The van der Waals surface area contributed by atoms with E-state index in [2.05, 4.69) is 0 Å². The van der Waals surface area contributed by atoms with Crippen LogP contribution in [0.4, 0.5) is 0 Å². The Hall–Kier alpha value is -2.52. The molecule has 3 aromatic rings. The van der Waals surface area contributed by atoms with Crippen molar-refractivity contribution in [2.45, 2.75) is 0 Å². The van der Waals surface area contributed by atoms with Crippen LogP contribution in [0, 0.1) is 0 Å². The third-order valence-electron chi connectivity index (χ3n) is 3.30. The van der Waals surface area contributed by atoms with E-state index in [0.29, 0.717) is 5.75 Å². The minimum Gasteiger partial charge on any atom is -0.532 e. The number of rotatable bonds is 4. The van der Waals surface area contributed by atoms with Crippen LogP contribution in [0.5, 0.6) is 5.75 Å². The predicted octanol–water partition coefficient (Wildman–Crippen LogP) is 3.12. The smallest absolute Gasteiger partial charge is 0.532 e. The molecular weight excluding hydrogens is 259 g/mol. The zero-order valence-electron chi connectivity index (χ0n) is 11.5. The first-order valence-corrected chi connectivity index (χ1v) is 6.89. The van der Waals surface area contributed by atoms with Crippen molar-refractivity contribution < 1.29 is 9.68 Å². The first-order valence-electron chi connectivity index (χ1n) is 6.89. The summed E-state index contributed by atoms with van der Waals surface area (Å²) in [5.41, 5.74) is 2.77. The maximum Gasteiger partial charge on any atom is 0.560 e. The normalized spacial score (nSPS) is 10.1. The molecule has 0 saturated carbocycles. The molecule has 0 spiro atoms. The lowest BCUT2D eigenvalue weighted by atomic mass is 9.79. The largest absolute Gasteiger partial charge is 0.560 e. The molecule has 2 nitrogen and oxygen atoms in total. The second-order valence-electron chi connectivity index (χ2n) is 4.74. The molecule has 1 N–H and O–H groups in total. The summed E-state index contributed by atoms with van der Waals surface area (Å²) in [6, 6.07) is 27.1. The highest BCUT2D eigenvalue weighted by atomic mass is 16.5. The van der Waals surface area contributed by atoms with E-state index in [-0.39, 0.29) is 0 Å². The van der Waals surface area contributed by atoms with Gasteiger partial charge in [-0.1, -0.05) is 78.9 Å². The van der Waals surface area contributed by atoms with Crippen molar-refractivity contribution in [3.63, 3.8) is 0 Å². The summed E-state index contributed by atoms with van der Waals surface area (Å²) in [5.74, 6) is 0.667. The van der Waals surface area contributed by atoms with Crippen LogP contribution in [0.2, 0.25) is 0 Å². The zero-order chi connectivity index (χ0) is 14.5. The van der Waals surface area contributed by atoms with Crippen molar-refractivity contribution in [2.24, 2.45) is 0 Å². The van der Waals surface area contributed by atoms with Gasteiger partial charge >= 0.3 is 7.12 Å². The van der Waals surface area contributed by atoms with Crippen molar-refractivity contribution in [2.75, 3.05) is 0 Å². The summed E-state index contributed by atoms with van der Waals surface area (Å²) in [5, 5.41) is 10.2. The van der Waals surface area contributed by atoms with Crippen LogP contribution in [0.3, 0.4) is 0 Å². The minimum atomic E-state index is -0.976. The van der Waals surface area contributed by atoms with E-state index in [9.17, 15) is 5.02 Å². The van der Waals surface area contributed by atoms with E-state index >= 15 is 0 Å². The van der Waals surface area contributed by atoms with Crippen LogP contribution < -0.4 is 10.1 Å². The summed E-state index contributed by atoms with van der Waals surface area (Å²) in [6.45, 7) is 0. The van der Waals surface area contributed by atoms with Crippen LogP contribution in [0.15, 0.2) is 84.9 Å². The molecule has 3 aromatic carbocycles. The van der Waals surface area contributed by atoms with Gasteiger partial charge in [0, 0.05) is 5.56 Å². The fourth-order valence-electron chi connectivity index (χ4n) is 2.23. The van der Waals surface area contributed by atoms with Gasteiger partial charge in [-0.15, -0.1) is 0 Å². The van der Waals surface area contributed by atoms with E-state index in [4.69, 9.17) is 4.65 Å². The summed E-state index contributed by atoms with van der Waals surface area (Å²) >= 11 is 0. The maximum absolute atomic E-state index is 10.2. The van der Waals surface area contributed by atoms with Crippen LogP contribution in [0.25, 0.3) is 11.1 Å². The first-order chi connectivity index (χ1) is 10.3. The van der Waals surface area contributed by atoms with Crippen LogP contribution in [0.1, 0.15) is 0 Å². The molecule has 0 amide bonds. The molecule has 21 heavy (non-hydrogen) atoms. The van der Waals surface area contributed by atoms with Crippen LogP contribution in [-0.4, -0.2) is 12.1 Å². The number of hydrogen-bond acceptors (Lipinski definition) is 2. The third-order valence-corrected chi connectivity index (χ3v) is 3.30. The molecule has 0 aliphatic rings. The lowest BCUT2D eigenvalue weighted by Crippen LogP contribution is -2.36. The molecule has 0 saturated heterocycles. The Kier molecular flexibility index (Phi) is 4.03. The lowest BCUT2D eigenvalue weighted by molar-refractivity contribution is 0.433. The Bertz CT molecular complexity index is 699. The average Bonchev–Trinajstić information content (AvgIpc) is 2.57. The van der Waals surface area contributed by atoms with Gasteiger partial charge in [-0.05, 0) is 17.1 Å². The minimum absolute atomic E-state index is 0.667. The second-order valence-corrected chi connectivity index (χ2v) is 4.74. The molecule has 3 heteroatoms. The molecule has 0 aromatic heterocycles. The van der Waals surface area contributed by atoms with Gasteiger partial charge in [0.1, 0.15) is 5.75 Å². The summed E-state index contributed by atoms with van der Waals surface area (Å²) in [7, 11) is -0.976.